The molecule has 1 unspecified atom stereocenters. The van der Waals surface area contributed by atoms with Gasteiger partial charge in [0.25, 0.3) is 0 Å². The number of nitrogens with zero attached hydrogens (tertiary/aromatic N) is 1. The van der Waals surface area contributed by atoms with E-state index in [9.17, 15) is 4.79 Å². The van der Waals surface area contributed by atoms with E-state index in [0.717, 1.165) is 18.5 Å². The van der Waals surface area contributed by atoms with Gasteiger partial charge in [0.2, 0.25) is 0 Å². The van der Waals surface area contributed by atoms with Crippen LogP contribution in [-0.4, -0.2) is 26.9 Å². The summed E-state index contributed by atoms with van der Waals surface area (Å²) in [6, 6.07) is 10.1. The van der Waals surface area contributed by atoms with Crippen molar-refractivity contribution < 1.29 is 9.53 Å². The van der Waals surface area contributed by atoms with Crippen molar-refractivity contribution in [3.05, 3.63) is 30.3 Å². The lowest BCUT2D eigenvalue weighted by atomic mass is 10.1. The maximum Gasteiger partial charge on any atom is 0.327 e. The highest BCUT2D eigenvalue weighted by Crippen LogP contribution is 2.28. The predicted octanol–water partition coefficient (Wildman–Crippen LogP) is 3.03. The van der Waals surface area contributed by atoms with Gasteiger partial charge in [-0.1, -0.05) is 37.8 Å². The third-order valence-electron chi connectivity index (χ3n) is 3.21. The Hall–Kier alpha value is -1.29. The number of benzene rings is 1. The molecule has 1 aliphatic heterocycles. The maximum atomic E-state index is 12.0. The van der Waals surface area contributed by atoms with E-state index in [1.807, 2.05) is 18.2 Å². The Morgan fingerprint density at radius 2 is 1.89 bits per heavy atom. The molecule has 0 saturated carbocycles. The first-order valence-corrected chi connectivity index (χ1v) is 9.96. The summed E-state index contributed by atoms with van der Waals surface area (Å²) in [5.74, 6) is -0.0625. The van der Waals surface area contributed by atoms with Crippen LogP contribution in [0.25, 0.3) is 0 Å². The molecule has 1 saturated heterocycles. The highest BCUT2D eigenvalue weighted by Gasteiger charge is 2.37. The van der Waals surface area contributed by atoms with Gasteiger partial charge in [-0.25, -0.2) is 4.79 Å². The molecule has 4 heteroatoms. The van der Waals surface area contributed by atoms with Crippen LogP contribution in [0, 0.1) is 0 Å². The largest absolute Gasteiger partial charge is 0.464 e. The van der Waals surface area contributed by atoms with Crippen LogP contribution in [0.3, 0.4) is 0 Å². The molecule has 0 N–H and O–H groups in total. The molecule has 1 aliphatic rings. The van der Waals surface area contributed by atoms with Crippen molar-refractivity contribution >= 4 is 19.9 Å². The van der Waals surface area contributed by atoms with E-state index in [4.69, 9.17) is 4.74 Å². The highest BCUT2D eigenvalue weighted by molar-refractivity contribution is 6.80. The number of carbonyl (C=O) groups is 1. The van der Waals surface area contributed by atoms with Gasteiger partial charge in [-0.05, 0) is 25.0 Å². The number of cyclic esters (lactones) is 1. The molecule has 1 atom stereocenters. The minimum atomic E-state index is -1.62. The van der Waals surface area contributed by atoms with Crippen LogP contribution in [0.2, 0.25) is 19.6 Å². The Balaban J connectivity index is 2.34. The highest BCUT2D eigenvalue weighted by atomic mass is 28.3. The summed E-state index contributed by atoms with van der Waals surface area (Å²) in [6.45, 7) is 7.37. The topological polar surface area (TPSA) is 29.5 Å². The van der Waals surface area contributed by atoms with Crippen LogP contribution in [0.15, 0.2) is 30.3 Å². The smallest absolute Gasteiger partial charge is 0.327 e. The lowest BCUT2D eigenvalue weighted by Crippen LogP contribution is -2.56. The van der Waals surface area contributed by atoms with E-state index in [0.29, 0.717) is 6.61 Å². The third kappa shape index (κ3) is 2.75. The average molecular weight is 263 g/mol. The summed E-state index contributed by atoms with van der Waals surface area (Å²) in [5, 5.41) is 0. The van der Waals surface area contributed by atoms with Crippen molar-refractivity contribution in [1.82, 2.24) is 0 Å². The van der Waals surface area contributed by atoms with Crippen molar-refractivity contribution in [2.24, 2.45) is 0 Å². The van der Waals surface area contributed by atoms with Crippen LogP contribution < -0.4 is 4.57 Å². The first-order chi connectivity index (χ1) is 8.50. The van der Waals surface area contributed by atoms with Gasteiger partial charge < -0.3 is 9.30 Å². The Kier molecular flexibility index (Phi) is 3.75. The van der Waals surface area contributed by atoms with Crippen LogP contribution in [0.5, 0.6) is 0 Å². The van der Waals surface area contributed by atoms with Crippen molar-refractivity contribution in [2.75, 3.05) is 11.2 Å². The molecule has 0 bridgehead atoms. The summed E-state index contributed by atoms with van der Waals surface area (Å²) in [5.41, 5.74) is 1.14. The summed E-state index contributed by atoms with van der Waals surface area (Å²) >= 11 is 0. The molecule has 2 rings (SSSR count). The van der Waals surface area contributed by atoms with Gasteiger partial charge in [0.05, 0.1) is 6.61 Å². The minimum Gasteiger partial charge on any atom is -0.464 e. The maximum absolute atomic E-state index is 12.0. The summed E-state index contributed by atoms with van der Waals surface area (Å²) < 4.78 is 7.54. The molecule has 1 heterocycles. The second kappa shape index (κ2) is 5.14. The molecular formula is C14H21NO2Si. The van der Waals surface area contributed by atoms with Gasteiger partial charge in [0.15, 0.2) is 0 Å². The number of rotatable bonds is 3. The van der Waals surface area contributed by atoms with Crippen molar-refractivity contribution in [3.8, 4) is 0 Å². The minimum absolute atomic E-state index is 0.0625. The number of para-hydroxylation sites is 1. The molecular weight excluding hydrogens is 242 g/mol. The fourth-order valence-electron chi connectivity index (χ4n) is 2.52. The van der Waals surface area contributed by atoms with Crippen LogP contribution in [0.1, 0.15) is 12.8 Å². The van der Waals surface area contributed by atoms with E-state index in [1.54, 1.807) is 0 Å². The predicted molar refractivity (Wildman–Crippen MR) is 76.2 cm³/mol. The molecule has 0 spiro atoms. The molecule has 0 amide bonds. The number of anilines is 1. The molecule has 98 valence electrons. The zero-order chi connectivity index (χ0) is 13.2. The zero-order valence-electron chi connectivity index (χ0n) is 11.3. The Labute approximate surface area is 110 Å². The van der Waals surface area contributed by atoms with Crippen molar-refractivity contribution in [1.29, 1.82) is 0 Å². The standard InChI is InChI=1S/C14H21NO2Si/c1-18(2,3)15(12-8-5-4-6-9-12)13-10-7-11-17-14(13)16/h4-6,8-9,13H,7,10-11H2,1-3H3. The normalized spacial score (nSPS) is 20.4. The second-order valence-corrected chi connectivity index (χ2v) is 10.5. The summed E-state index contributed by atoms with van der Waals surface area (Å²) in [4.78, 5) is 12.0. The van der Waals surface area contributed by atoms with E-state index >= 15 is 0 Å². The van der Waals surface area contributed by atoms with Crippen LogP contribution in [-0.2, 0) is 9.53 Å². The van der Waals surface area contributed by atoms with E-state index in [1.165, 1.54) is 0 Å². The Bertz CT molecular complexity index is 414. The Morgan fingerprint density at radius 3 is 2.44 bits per heavy atom. The zero-order valence-corrected chi connectivity index (χ0v) is 12.3. The molecule has 18 heavy (non-hydrogen) atoms. The van der Waals surface area contributed by atoms with Crippen LogP contribution in [0.4, 0.5) is 5.69 Å². The fourth-order valence-corrected chi connectivity index (χ4v) is 4.61. The van der Waals surface area contributed by atoms with Crippen molar-refractivity contribution in [3.63, 3.8) is 0 Å². The summed E-state index contributed by atoms with van der Waals surface area (Å²) in [7, 11) is -1.62. The van der Waals surface area contributed by atoms with Gasteiger partial charge in [0, 0.05) is 5.69 Å². The molecule has 0 radical (unpaired) electrons. The van der Waals surface area contributed by atoms with Crippen LogP contribution >= 0.6 is 0 Å². The van der Waals surface area contributed by atoms with E-state index in [2.05, 4.69) is 36.3 Å². The molecule has 1 aromatic rings. The van der Waals surface area contributed by atoms with Crippen molar-refractivity contribution in [2.45, 2.75) is 38.5 Å². The number of esters is 1. The monoisotopic (exact) mass is 263 g/mol. The fraction of sp³-hybridized carbons (Fsp3) is 0.500. The average Bonchev–Trinajstić information content (AvgIpc) is 2.32. The number of ether oxygens (including phenoxy) is 1. The lowest BCUT2D eigenvalue weighted by molar-refractivity contribution is -0.148. The quantitative estimate of drug-likeness (QED) is 0.620. The van der Waals surface area contributed by atoms with Gasteiger partial charge in [-0.15, -0.1) is 0 Å². The number of hydrogen-bond donors (Lipinski definition) is 0. The number of carbonyl (C=O) groups excluding carboxylic acids is 1. The van der Waals surface area contributed by atoms with Gasteiger partial charge >= 0.3 is 5.97 Å². The van der Waals surface area contributed by atoms with E-state index in [-0.39, 0.29) is 12.0 Å². The SMILES string of the molecule is C[Si](C)(C)N(c1ccccc1)C1CCCOC1=O. The molecule has 0 aromatic heterocycles. The van der Waals surface area contributed by atoms with Gasteiger partial charge in [-0.2, -0.15) is 0 Å². The lowest BCUT2D eigenvalue weighted by Gasteiger charge is -2.42. The molecule has 3 nitrogen and oxygen atoms in total. The van der Waals surface area contributed by atoms with Gasteiger partial charge in [-0.3, -0.25) is 0 Å². The van der Waals surface area contributed by atoms with E-state index < -0.39 is 8.24 Å². The number of hydrogen-bond acceptors (Lipinski definition) is 3. The second-order valence-electron chi connectivity index (χ2n) is 5.70. The molecule has 1 aromatic carbocycles. The first-order valence-electron chi connectivity index (χ1n) is 6.51. The Morgan fingerprint density at radius 1 is 1.22 bits per heavy atom. The third-order valence-corrected chi connectivity index (χ3v) is 5.22. The van der Waals surface area contributed by atoms with Gasteiger partial charge in [0.1, 0.15) is 14.3 Å². The first kappa shape index (κ1) is 13.1. The summed E-state index contributed by atoms with van der Waals surface area (Å²) in [6.07, 6.45) is 1.86. The molecule has 1 fully saturated rings. The molecule has 0 aliphatic carbocycles.